The van der Waals surface area contributed by atoms with Crippen LogP contribution in [0.15, 0.2) is 47.9 Å². The van der Waals surface area contributed by atoms with Gasteiger partial charge in [0.1, 0.15) is 5.82 Å². The summed E-state index contributed by atoms with van der Waals surface area (Å²) in [7, 11) is 0. The molecule has 2 heteroatoms. The molecule has 2 rings (SSSR count). The number of benzene rings is 2. The van der Waals surface area contributed by atoms with Gasteiger partial charge in [-0.25, -0.2) is 4.39 Å². The van der Waals surface area contributed by atoms with E-state index in [4.69, 9.17) is 0 Å². The summed E-state index contributed by atoms with van der Waals surface area (Å²) >= 11 is 4.33. The van der Waals surface area contributed by atoms with Crippen molar-refractivity contribution < 1.29 is 4.39 Å². The van der Waals surface area contributed by atoms with Gasteiger partial charge in [0.05, 0.1) is 0 Å². The van der Waals surface area contributed by atoms with E-state index >= 15 is 0 Å². The molecule has 0 aliphatic rings. The topological polar surface area (TPSA) is 0 Å². The molecule has 0 aliphatic carbocycles. The Kier molecular flexibility index (Phi) is 4.58. The quantitative estimate of drug-likeness (QED) is 0.659. The lowest BCUT2D eigenvalue weighted by Gasteiger charge is -2.21. The highest BCUT2D eigenvalue weighted by Gasteiger charge is 2.17. The van der Waals surface area contributed by atoms with Crippen LogP contribution >= 0.6 is 12.6 Å². The number of hydrogen-bond acceptors (Lipinski definition) is 1. The van der Waals surface area contributed by atoms with Crippen molar-refractivity contribution in [3.8, 4) is 11.1 Å². The van der Waals surface area contributed by atoms with E-state index in [1.807, 2.05) is 18.2 Å². The molecule has 0 radical (unpaired) electrons. The highest BCUT2D eigenvalue weighted by atomic mass is 32.1. The van der Waals surface area contributed by atoms with Crippen LogP contribution in [0.4, 0.5) is 4.39 Å². The summed E-state index contributed by atoms with van der Waals surface area (Å²) in [6, 6.07) is 11.0. The maximum absolute atomic E-state index is 14.2. The number of hydrogen-bond donors (Lipinski definition) is 1. The summed E-state index contributed by atoms with van der Waals surface area (Å²) in [5.41, 5.74) is 3.86. The van der Waals surface area contributed by atoms with Crippen molar-refractivity contribution in [3.63, 3.8) is 0 Å². The van der Waals surface area contributed by atoms with Crippen molar-refractivity contribution in [2.75, 3.05) is 0 Å². The Labute approximate surface area is 132 Å². The average Bonchev–Trinajstić information content (AvgIpc) is 2.40. The van der Waals surface area contributed by atoms with Gasteiger partial charge < -0.3 is 0 Å². The van der Waals surface area contributed by atoms with E-state index in [0.29, 0.717) is 5.56 Å². The van der Waals surface area contributed by atoms with Crippen molar-refractivity contribution in [1.29, 1.82) is 0 Å². The summed E-state index contributed by atoms with van der Waals surface area (Å²) in [6.45, 7) is 10.4. The number of thiol groups is 1. The van der Waals surface area contributed by atoms with Crippen LogP contribution < -0.4 is 0 Å². The highest BCUT2D eigenvalue weighted by molar-refractivity contribution is 7.80. The summed E-state index contributed by atoms with van der Waals surface area (Å²) < 4.78 is 14.2. The predicted molar refractivity (Wildman–Crippen MR) is 92.3 cm³/mol. The van der Waals surface area contributed by atoms with Gasteiger partial charge in [-0.2, -0.15) is 0 Å². The van der Waals surface area contributed by atoms with Crippen LogP contribution in [0.1, 0.15) is 31.9 Å². The second-order valence-electron chi connectivity index (χ2n) is 6.52. The summed E-state index contributed by atoms with van der Waals surface area (Å²) in [5.74, 6) is -0.214. The van der Waals surface area contributed by atoms with Gasteiger partial charge in [-0.05, 0) is 46.7 Å². The maximum atomic E-state index is 14.2. The van der Waals surface area contributed by atoms with Crippen LogP contribution in [-0.2, 0) is 6.42 Å². The molecule has 0 saturated heterocycles. The molecule has 0 atom stereocenters. The van der Waals surface area contributed by atoms with Crippen LogP contribution in [0.5, 0.6) is 0 Å². The van der Waals surface area contributed by atoms with Gasteiger partial charge in [-0.15, -0.1) is 12.6 Å². The molecule has 0 unspecified atom stereocenters. The van der Waals surface area contributed by atoms with Crippen LogP contribution in [0.3, 0.4) is 0 Å². The third-order valence-electron chi connectivity index (χ3n) is 3.33. The maximum Gasteiger partial charge on any atom is 0.131 e. The predicted octanol–water partition coefficient (Wildman–Crippen LogP) is 6.01. The van der Waals surface area contributed by atoms with Gasteiger partial charge in [-0.3, -0.25) is 0 Å². The molecule has 0 aliphatic heterocycles. The number of rotatable bonds is 3. The molecule has 0 N–H and O–H groups in total. The Balaban J connectivity index is 2.61. The Morgan fingerprint density at radius 3 is 2.43 bits per heavy atom. The molecule has 110 valence electrons. The monoisotopic (exact) mass is 300 g/mol. The van der Waals surface area contributed by atoms with Gasteiger partial charge in [0.2, 0.25) is 0 Å². The van der Waals surface area contributed by atoms with Crippen molar-refractivity contribution in [3.05, 3.63) is 59.9 Å². The standard InChI is InChI=1S/C19H21FS/c1-5-13-6-8-16(14(10-13)12-19(2,3)4)17-11-15(21)7-9-18(17)20/h5-11,21H,1,12H2,2-4H3. The fraction of sp³-hybridized carbons (Fsp3) is 0.263. The van der Waals surface area contributed by atoms with E-state index in [1.165, 1.54) is 6.07 Å². The zero-order valence-electron chi connectivity index (χ0n) is 12.8. The first kappa shape index (κ1) is 15.8. The fourth-order valence-corrected chi connectivity index (χ4v) is 2.64. The molecule has 21 heavy (non-hydrogen) atoms. The average molecular weight is 300 g/mol. The summed E-state index contributed by atoms with van der Waals surface area (Å²) in [6.07, 6.45) is 2.70. The largest absolute Gasteiger partial charge is 0.206 e. The lowest BCUT2D eigenvalue weighted by atomic mass is 9.84. The fourth-order valence-electron chi connectivity index (χ4n) is 2.44. The van der Waals surface area contributed by atoms with Crippen LogP contribution in [0.2, 0.25) is 0 Å². The van der Waals surface area contributed by atoms with Crippen LogP contribution in [-0.4, -0.2) is 0 Å². The molecule has 0 amide bonds. The van der Waals surface area contributed by atoms with Crippen molar-refractivity contribution in [2.24, 2.45) is 5.41 Å². The molecule has 0 bridgehead atoms. The smallest absolute Gasteiger partial charge is 0.131 e. The van der Waals surface area contributed by atoms with E-state index < -0.39 is 0 Å². The van der Waals surface area contributed by atoms with Gasteiger partial charge >= 0.3 is 0 Å². The Morgan fingerprint density at radius 1 is 1.10 bits per heavy atom. The molecule has 0 aromatic heterocycles. The van der Waals surface area contributed by atoms with Crippen LogP contribution in [0, 0.1) is 11.2 Å². The Hall–Kier alpha value is -1.54. The molecular weight excluding hydrogens is 279 g/mol. The normalized spacial score (nSPS) is 11.5. The molecule has 0 heterocycles. The van der Waals surface area contributed by atoms with Gasteiger partial charge in [0, 0.05) is 10.5 Å². The number of halogens is 1. The second kappa shape index (κ2) is 6.07. The first-order valence-electron chi connectivity index (χ1n) is 7.04. The van der Waals surface area contributed by atoms with E-state index in [2.05, 4.69) is 46.0 Å². The molecule has 2 aromatic rings. The molecule has 0 nitrogen and oxygen atoms in total. The second-order valence-corrected chi connectivity index (χ2v) is 7.04. The first-order valence-corrected chi connectivity index (χ1v) is 7.49. The van der Waals surface area contributed by atoms with Crippen molar-refractivity contribution in [1.82, 2.24) is 0 Å². The highest BCUT2D eigenvalue weighted by Crippen LogP contribution is 2.33. The van der Waals surface area contributed by atoms with E-state index in [-0.39, 0.29) is 11.2 Å². The van der Waals surface area contributed by atoms with Gasteiger partial charge in [-0.1, -0.05) is 51.6 Å². The van der Waals surface area contributed by atoms with E-state index in [1.54, 1.807) is 12.1 Å². The summed E-state index contributed by atoms with van der Waals surface area (Å²) in [4.78, 5) is 0.765. The zero-order chi connectivity index (χ0) is 15.6. The SMILES string of the molecule is C=Cc1ccc(-c2cc(S)ccc2F)c(CC(C)(C)C)c1. The van der Waals surface area contributed by atoms with Gasteiger partial charge in [0.25, 0.3) is 0 Å². The van der Waals surface area contributed by atoms with E-state index in [0.717, 1.165) is 28.0 Å². The van der Waals surface area contributed by atoms with E-state index in [9.17, 15) is 4.39 Å². The summed E-state index contributed by atoms with van der Waals surface area (Å²) in [5, 5.41) is 0. The zero-order valence-corrected chi connectivity index (χ0v) is 13.7. The molecular formula is C19H21FS. The molecule has 0 spiro atoms. The first-order chi connectivity index (χ1) is 9.80. The molecule has 0 saturated carbocycles. The van der Waals surface area contributed by atoms with Crippen molar-refractivity contribution in [2.45, 2.75) is 32.1 Å². The minimum atomic E-state index is -0.214. The minimum absolute atomic E-state index is 0.129. The lowest BCUT2D eigenvalue weighted by Crippen LogP contribution is -2.10. The van der Waals surface area contributed by atoms with Gasteiger partial charge in [0.15, 0.2) is 0 Å². The Morgan fingerprint density at radius 2 is 1.81 bits per heavy atom. The molecule has 2 aromatic carbocycles. The van der Waals surface area contributed by atoms with Crippen molar-refractivity contribution >= 4 is 18.7 Å². The van der Waals surface area contributed by atoms with Crippen LogP contribution in [0.25, 0.3) is 17.2 Å². The minimum Gasteiger partial charge on any atom is -0.206 e. The Bertz CT molecular complexity index is 666. The molecule has 0 fully saturated rings. The lowest BCUT2D eigenvalue weighted by molar-refractivity contribution is 0.411. The third kappa shape index (κ3) is 3.98. The third-order valence-corrected chi connectivity index (χ3v) is 3.60.